The molecule has 2 amide bonds. The highest BCUT2D eigenvalue weighted by Gasteiger charge is 2.05. The number of aryl methyl sites for hydroxylation is 1. The normalized spacial score (nSPS) is 10.6. The SMILES string of the molecule is CCc1ccc(C(=O)NNC(=O)/C=C/c2ccc(Br)s2)cc1. The highest BCUT2D eigenvalue weighted by Crippen LogP contribution is 2.22. The van der Waals surface area contributed by atoms with E-state index in [1.807, 2.05) is 31.2 Å². The van der Waals surface area contributed by atoms with E-state index in [-0.39, 0.29) is 11.8 Å². The quantitative estimate of drug-likeness (QED) is 0.631. The van der Waals surface area contributed by atoms with Crippen molar-refractivity contribution in [3.8, 4) is 0 Å². The fourth-order valence-corrected chi connectivity index (χ4v) is 3.03. The Balaban J connectivity index is 1.84. The predicted octanol–water partition coefficient (Wildman–Crippen LogP) is 3.55. The average Bonchev–Trinajstić information content (AvgIpc) is 2.96. The molecule has 2 N–H and O–H groups in total. The second-order valence-corrected chi connectivity index (χ2v) is 6.96. The molecule has 0 aliphatic carbocycles. The zero-order chi connectivity index (χ0) is 15.9. The molecule has 1 heterocycles. The molecule has 0 spiro atoms. The first kappa shape index (κ1) is 16.5. The largest absolute Gasteiger partial charge is 0.269 e. The highest BCUT2D eigenvalue weighted by atomic mass is 79.9. The van der Waals surface area contributed by atoms with Crippen LogP contribution >= 0.6 is 27.3 Å². The van der Waals surface area contributed by atoms with Crippen molar-refractivity contribution in [1.82, 2.24) is 10.9 Å². The number of carbonyl (C=O) groups is 2. The number of halogens is 1. The smallest absolute Gasteiger partial charge is 0.268 e. The maximum absolute atomic E-state index is 11.9. The molecule has 2 rings (SSSR count). The lowest BCUT2D eigenvalue weighted by Gasteiger charge is -2.05. The van der Waals surface area contributed by atoms with Crippen LogP contribution in [-0.4, -0.2) is 11.8 Å². The van der Waals surface area contributed by atoms with Crippen LogP contribution in [0.25, 0.3) is 6.08 Å². The standard InChI is InChI=1S/C16H15BrN2O2S/c1-2-11-3-5-12(6-4-11)16(21)19-18-15(20)10-8-13-7-9-14(17)22-13/h3-10H,2H2,1H3,(H,18,20)(H,19,21)/b10-8+. The van der Waals surface area contributed by atoms with E-state index < -0.39 is 0 Å². The van der Waals surface area contributed by atoms with E-state index in [1.165, 1.54) is 17.4 Å². The lowest BCUT2D eigenvalue weighted by atomic mass is 10.1. The average molecular weight is 379 g/mol. The van der Waals surface area contributed by atoms with E-state index in [9.17, 15) is 9.59 Å². The van der Waals surface area contributed by atoms with Gasteiger partial charge in [0.1, 0.15) is 0 Å². The van der Waals surface area contributed by atoms with Crippen LogP contribution in [0.1, 0.15) is 27.7 Å². The van der Waals surface area contributed by atoms with Crippen molar-refractivity contribution in [2.24, 2.45) is 0 Å². The number of amides is 2. The molecule has 4 nitrogen and oxygen atoms in total. The lowest BCUT2D eigenvalue weighted by molar-refractivity contribution is -0.117. The van der Waals surface area contributed by atoms with Crippen molar-refractivity contribution in [1.29, 1.82) is 0 Å². The molecule has 1 aromatic heterocycles. The Morgan fingerprint density at radius 2 is 1.86 bits per heavy atom. The van der Waals surface area contributed by atoms with Gasteiger partial charge in [-0.15, -0.1) is 11.3 Å². The zero-order valence-corrected chi connectivity index (χ0v) is 14.3. The van der Waals surface area contributed by atoms with Crippen LogP contribution in [0.15, 0.2) is 46.3 Å². The minimum atomic E-state index is -0.386. The monoisotopic (exact) mass is 378 g/mol. The molecule has 0 saturated heterocycles. The van der Waals surface area contributed by atoms with Gasteiger partial charge in [0, 0.05) is 16.5 Å². The van der Waals surface area contributed by atoms with E-state index in [4.69, 9.17) is 0 Å². The van der Waals surface area contributed by atoms with Gasteiger partial charge in [-0.25, -0.2) is 0 Å². The summed E-state index contributed by atoms with van der Waals surface area (Å²) in [5, 5.41) is 0. The third kappa shape index (κ3) is 4.82. The topological polar surface area (TPSA) is 58.2 Å². The van der Waals surface area contributed by atoms with E-state index in [0.717, 1.165) is 20.6 Å². The molecular formula is C16H15BrN2O2S. The Bertz CT molecular complexity index is 692. The van der Waals surface area contributed by atoms with Crippen molar-refractivity contribution < 1.29 is 9.59 Å². The van der Waals surface area contributed by atoms with Crippen molar-refractivity contribution in [3.63, 3.8) is 0 Å². The molecule has 0 fully saturated rings. The summed E-state index contributed by atoms with van der Waals surface area (Å²) in [5.41, 5.74) is 6.40. The fourth-order valence-electron chi connectivity index (χ4n) is 1.70. The predicted molar refractivity (Wildman–Crippen MR) is 92.5 cm³/mol. The fraction of sp³-hybridized carbons (Fsp3) is 0.125. The molecule has 0 bridgehead atoms. The highest BCUT2D eigenvalue weighted by molar-refractivity contribution is 9.11. The van der Waals surface area contributed by atoms with Crippen LogP contribution in [0.2, 0.25) is 0 Å². The maximum atomic E-state index is 11.9. The summed E-state index contributed by atoms with van der Waals surface area (Å²) in [5.74, 6) is -0.730. The molecule has 0 radical (unpaired) electrons. The molecule has 1 aromatic carbocycles. The van der Waals surface area contributed by atoms with Crippen molar-refractivity contribution >= 4 is 45.2 Å². The van der Waals surface area contributed by atoms with Gasteiger partial charge in [-0.05, 0) is 58.3 Å². The molecule has 0 aliphatic rings. The first-order valence-electron chi connectivity index (χ1n) is 6.71. The Morgan fingerprint density at radius 3 is 2.45 bits per heavy atom. The van der Waals surface area contributed by atoms with Crippen molar-refractivity contribution in [2.45, 2.75) is 13.3 Å². The van der Waals surface area contributed by atoms with E-state index in [0.29, 0.717) is 5.56 Å². The van der Waals surface area contributed by atoms with Crippen LogP contribution in [-0.2, 0) is 11.2 Å². The number of hydrogen-bond acceptors (Lipinski definition) is 3. The van der Waals surface area contributed by atoms with E-state index in [1.54, 1.807) is 18.2 Å². The minimum Gasteiger partial charge on any atom is -0.268 e. The van der Waals surface area contributed by atoms with Gasteiger partial charge < -0.3 is 0 Å². The van der Waals surface area contributed by atoms with Crippen LogP contribution in [0, 0.1) is 0 Å². The maximum Gasteiger partial charge on any atom is 0.269 e. The second-order valence-electron chi connectivity index (χ2n) is 4.47. The molecule has 22 heavy (non-hydrogen) atoms. The van der Waals surface area contributed by atoms with Gasteiger partial charge in [-0.3, -0.25) is 20.4 Å². The number of hydrogen-bond donors (Lipinski definition) is 2. The third-order valence-corrected chi connectivity index (χ3v) is 4.51. The van der Waals surface area contributed by atoms with Gasteiger partial charge in [-0.2, -0.15) is 0 Å². The van der Waals surface area contributed by atoms with Crippen molar-refractivity contribution in [3.05, 3.63) is 62.3 Å². The molecule has 0 saturated carbocycles. The summed E-state index contributed by atoms with van der Waals surface area (Å²) in [4.78, 5) is 24.5. The molecule has 2 aromatic rings. The summed E-state index contributed by atoms with van der Waals surface area (Å²) in [7, 11) is 0. The van der Waals surface area contributed by atoms with Crippen LogP contribution in [0.3, 0.4) is 0 Å². The first-order valence-corrected chi connectivity index (χ1v) is 8.32. The molecule has 114 valence electrons. The minimum absolute atomic E-state index is 0.344. The number of rotatable bonds is 4. The third-order valence-electron chi connectivity index (χ3n) is 2.92. The van der Waals surface area contributed by atoms with E-state index >= 15 is 0 Å². The Labute approximate surface area is 141 Å². The van der Waals surface area contributed by atoms with Crippen LogP contribution < -0.4 is 10.9 Å². The number of carbonyl (C=O) groups excluding carboxylic acids is 2. The number of benzene rings is 1. The van der Waals surface area contributed by atoms with Crippen molar-refractivity contribution in [2.75, 3.05) is 0 Å². The van der Waals surface area contributed by atoms with E-state index in [2.05, 4.69) is 26.8 Å². The van der Waals surface area contributed by atoms with Gasteiger partial charge in [0.05, 0.1) is 3.79 Å². The molecule has 0 atom stereocenters. The summed E-state index contributed by atoms with van der Waals surface area (Å²) in [6.45, 7) is 2.05. The second kappa shape index (κ2) is 7.91. The molecule has 0 unspecified atom stereocenters. The molecule has 0 aliphatic heterocycles. The van der Waals surface area contributed by atoms with Crippen LogP contribution in [0.4, 0.5) is 0 Å². The van der Waals surface area contributed by atoms with Gasteiger partial charge in [0.25, 0.3) is 11.8 Å². The Kier molecular flexibility index (Phi) is 5.91. The number of nitrogens with one attached hydrogen (secondary N) is 2. The number of thiophene rings is 1. The van der Waals surface area contributed by atoms with Gasteiger partial charge in [0.15, 0.2) is 0 Å². The number of hydrazine groups is 1. The lowest BCUT2D eigenvalue weighted by Crippen LogP contribution is -2.40. The summed E-state index contributed by atoms with van der Waals surface area (Å²) in [6, 6.07) is 11.1. The first-order chi connectivity index (χ1) is 10.6. The zero-order valence-electron chi connectivity index (χ0n) is 11.9. The van der Waals surface area contributed by atoms with Gasteiger partial charge >= 0.3 is 0 Å². The summed E-state index contributed by atoms with van der Waals surface area (Å²) >= 11 is 4.87. The Hall–Kier alpha value is -1.92. The summed E-state index contributed by atoms with van der Waals surface area (Å²) < 4.78 is 0.997. The van der Waals surface area contributed by atoms with Crippen LogP contribution in [0.5, 0.6) is 0 Å². The van der Waals surface area contributed by atoms with Gasteiger partial charge in [0.2, 0.25) is 0 Å². The molecular weight excluding hydrogens is 364 g/mol. The summed E-state index contributed by atoms with van der Waals surface area (Å²) in [6.07, 6.45) is 3.98. The van der Waals surface area contributed by atoms with Gasteiger partial charge in [-0.1, -0.05) is 19.1 Å². The molecule has 6 heteroatoms. The Morgan fingerprint density at radius 1 is 1.14 bits per heavy atom.